The summed E-state index contributed by atoms with van der Waals surface area (Å²) in [6.07, 6.45) is 1.58. The minimum atomic E-state index is -0.329. The van der Waals surface area contributed by atoms with Crippen LogP contribution in [0, 0.1) is 0 Å². The summed E-state index contributed by atoms with van der Waals surface area (Å²) in [6, 6.07) is 8.86. The molecule has 3 N–H and O–H groups in total. The molecule has 0 aliphatic heterocycles. The standard InChI is InChI=1S/C20H20N6O3/c1-4-21-18-12-6-8-15(28-2)17(29-3)16(12)24-20(25-18)26-19(27)11-5-7-13-14(9-11)23-10-22-13/h5-10H,4H2,1-3H3,(H,22,23)(H2,21,24,25,26,27). The number of aromatic nitrogens is 4. The summed E-state index contributed by atoms with van der Waals surface area (Å²) in [6.45, 7) is 2.62. The maximum Gasteiger partial charge on any atom is 0.258 e. The molecule has 0 atom stereocenters. The molecule has 0 saturated heterocycles. The van der Waals surface area contributed by atoms with Gasteiger partial charge in [-0.05, 0) is 37.3 Å². The highest BCUT2D eigenvalue weighted by molar-refractivity contribution is 6.06. The van der Waals surface area contributed by atoms with Gasteiger partial charge >= 0.3 is 0 Å². The molecule has 0 aliphatic rings. The lowest BCUT2D eigenvalue weighted by Crippen LogP contribution is -2.15. The van der Waals surface area contributed by atoms with Gasteiger partial charge in [0.1, 0.15) is 11.3 Å². The van der Waals surface area contributed by atoms with Crippen LogP contribution in [-0.4, -0.2) is 46.6 Å². The molecule has 9 heteroatoms. The van der Waals surface area contributed by atoms with E-state index in [1.54, 1.807) is 44.8 Å². The van der Waals surface area contributed by atoms with Crippen LogP contribution in [0.5, 0.6) is 11.5 Å². The molecule has 0 aliphatic carbocycles. The van der Waals surface area contributed by atoms with Crippen molar-refractivity contribution < 1.29 is 14.3 Å². The molecular weight excluding hydrogens is 372 g/mol. The average molecular weight is 392 g/mol. The molecule has 2 aromatic heterocycles. The molecule has 4 rings (SSSR count). The van der Waals surface area contributed by atoms with Gasteiger partial charge in [0.25, 0.3) is 5.91 Å². The van der Waals surface area contributed by atoms with Crippen molar-refractivity contribution in [1.29, 1.82) is 0 Å². The van der Waals surface area contributed by atoms with E-state index in [1.807, 2.05) is 13.0 Å². The number of hydrogen-bond donors (Lipinski definition) is 3. The summed E-state index contributed by atoms with van der Waals surface area (Å²) < 4.78 is 10.9. The number of hydrogen-bond acceptors (Lipinski definition) is 7. The molecule has 2 aromatic carbocycles. The number of ether oxygens (including phenoxy) is 2. The van der Waals surface area contributed by atoms with Crippen molar-refractivity contribution in [3.63, 3.8) is 0 Å². The Labute approximate surface area is 166 Å². The highest BCUT2D eigenvalue weighted by Crippen LogP contribution is 2.37. The van der Waals surface area contributed by atoms with Crippen LogP contribution in [-0.2, 0) is 0 Å². The summed E-state index contributed by atoms with van der Waals surface area (Å²) in [4.78, 5) is 28.9. The van der Waals surface area contributed by atoms with Gasteiger partial charge in [-0.3, -0.25) is 10.1 Å². The third-order valence-electron chi connectivity index (χ3n) is 4.46. The molecule has 29 heavy (non-hydrogen) atoms. The predicted molar refractivity (Wildman–Crippen MR) is 111 cm³/mol. The number of methoxy groups -OCH3 is 2. The van der Waals surface area contributed by atoms with Gasteiger partial charge in [0.2, 0.25) is 5.95 Å². The number of anilines is 2. The largest absolute Gasteiger partial charge is 0.493 e. The van der Waals surface area contributed by atoms with Crippen LogP contribution in [0.2, 0.25) is 0 Å². The van der Waals surface area contributed by atoms with Gasteiger partial charge in [0.15, 0.2) is 11.5 Å². The average Bonchev–Trinajstić information content (AvgIpc) is 3.21. The van der Waals surface area contributed by atoms with Crippen molar-refractivity contribution in [2.75, 3.05) is 31.4 Å². The third-order valence-corrected chi connectivity index (χ3v) is 4.46. The number of benzene rings is 2. The van der Waals surface area contributed by atoms with E-state index in [0.717, 1.165) is 16.4 Å². The fourth-order valence-corrected chi connectivity index (χ4v) is 3.12. The maximum atomic E-state index is 12.8. The van der Waals surface area contributed by atoms with Gasteiger partial charge in [-0.1, -0.05) is 0 Å². The van der Waals surface area contributed by atoms with E-state index in [4.69, 9.17) is 9.47 Å². The summed E-state index contributed by atoms with van der Waals surface area (Å²) in [5, 5.41) is 6.73. The number of H-pyrrole nitrogens is 1. The first-order chi connectivity index (χ1) is 14.1. The van der Waals surface area contributed by atoms with Crippen molar-refractivity contribution in [3.05, 3.63) is 42.2 Å². The Hall–Kier alpha value is -3.88. The van der Waals surface area contributed by atoms with Crippen molar-refractivity contribution in [2.45, 2.75) is 6.92 Å². The van der Waals surface area contributed by atoms with Crippen molar-refractivity contribution in [3.8, 4) is 11.5 Å². The Morgan fingerprint density at radius 2 is 2.00 bits per heavy atom. The molecule has 148 valence electrons. The van der Waals surface area contributed by atoms with Gasteiger partial charge in [-0.25, -0.2) is 9.97 Å². The van der Waals surface area contributed by atoms with Crippen LogP contribution in [0.15, 0.2) is 36.7 Å². The second-order valence-corrected chi connectivity index (χ2v) is 6.21. The number of aromatic amines is 1. The third kappa shape index (κ3) is 3.38. The lowest BCUT2D eigenvalue weighted by atomic mass is 10.2. The number of carbonyl (C=O) groups excluding carboxylic acids is 1. The Bertz CT molecular complexity index is 1200. The van der Waals surface area contributed by atoms with E-state index in [0.29, 0.717) is 34.9 Å². The highest BCUT2D eigenvalue weighted by atomic mass is 16.5. The Morgan fingerprint density at radius 1 is 1.14 bits per heavy atom. The van der Waals surface area contributed by atoms with E-state index in [9.17, 15) is 4.79 Å². The van der Waals surface area contributed by atoms with E-state index in [1.165, 1.54) is 0 Å². The first-order valence-corrected chi connectivity index (χ1v) is 9.05. The van der Waals surface area contributed by atoms with Crippen LogP contribution in [0.4, 0.5) is 11.8 Å². The Balaban J connectivity index is 1.76. The molecule has 2 heterocycles. The van der Waals surface area contributed by atoms with E-state index >= 15 is 0 Å². The number of nitrogens with zero attached hydrogens (tertiary/aromatic N) is 3. The maximum absolute atomic E-state index is 12.8. The molecule has 0 radical (unpaired) electrons. The second kappa shape index (κ2) is 7.63. The molecule has 0 bridgehead atoms. The van der Waals surface area contributed by atoms with Crippen molar-refractivity contribution in [2.24, 2.45) is 0 Å². The summed E-state index contributed by atoms with van der Waals surface area (Å²) >= 11 is 0. The van der Waals surface area contributed by atoms with Gasteiger partial charge < -0.3 is 19.8 Å². The van der Waals surface area contributed by atoms with E-state index in [2.05, 4.69) is 30.6 Å². The van der Waals surface area contributed by atoms with E-state index in [-0.39, 0.29) is 11.9 Å². The summed E-state index contributed by atoms with van der Waals surface area (Å²) in [5.74, 6) is 1.45. The molecule has 9 nitrogen and oxygen atoms in total. The normalized spacial score (nSPS) is 10.9. The summed E-state index contributed by atoms with van der Waals surface area (Å²) in [5.41, 5.74) is 2.57. The number of fused-ring (bicyclic) bond motifs is 2. The second-order valence-electron chi connectivity index (χ2n) is 6.21. The Kier molecular flexibility index (Phi) is 4.86. The van der Waals surface area contributed by atoms with Crippen LogP contribution in [0.3, 0.4) is 0 Å². The van der Waals surface area contributed by atoms with Crippen molar-refractivity contribution >= 4 is 39.6 Å². The number of amides is 1. The molecular formula is C20H20N6O3. The van der Waals surface area contributed by atoms with Gasteiger partial charge in [0.05, 0.1) is 31.6 Å². The zero-order valence-electron chi connectivity index (χ0n) is 16.2. The minimum absolute atomic E-state index is 0.162. The smallest absolute Gasteiger partial charge is 0.258 e. The van der Waals surface area contributed by atoms with Crippen LogP contribution >= 0.6 is 0 Å². The zero-order valence-corrected chi connectivity index (χ0v) is 16.2. The van der Waals surface area contributed by atoms with Gasteiger partial charge in [0, 0.05) is 17.5 Å². The lowest BCUT2D eigenvalue weighted by Gasteiger charge is -2.14. The van der Waals surface area contributed by atoms with Gasteiger partial charge in [-0.2, -0.15) is 4.98 Å². The molecule has 1 amide bonds. The van der Waals surface area contributed by atoms with Gasteiger partial charge in [-0.15, -0.1) is 0 Å². The molecule has 4 aromatic rings. The number of rotatable bonds is 6. The first kappa shape index (κ1) is 18.5. The number of imidazole rings is 1. The Morgan fingerprint density at radius 3 is 2.76 bits per heavy atom. The number of carbonyl (C=O) groups is 1. The predicted octanol–water partition coefficient (Wildman–Crippen LogP) is 3.21. The topological polar surface area (TPSA) is 114 Å². The molecule has 0 unspecified atom stereocenters. The molecule has 0 fully saturated rings. The van der Waals surface area contributed by atoms with Crippen LogP contribution < -0.4 is 20.1 Å². The van der Waals surface area contributed by atoms with E-state index < -0.39 is 0 Å². The quantitative estimate of drug-likeness (QED) is 0.462. The van der Waals surface area contributed by atoms with Crippen LogP contribution in [0.25, 0.3) is 21.9 Å². The lowest BCUT2D eigenvalue weighted by molar-refractivity contribution is 0.102. The molecule has 0 saturated carbocycles. The fraction of sp³-hybridized carbons (Fsp3) is 0.200. The van der Waals surface area contributed by atoms with Crippen LogP contribution in [0.1, 0.15) is 17.3 Å². The monoisotopic (exact) mass is 392 g/mol. The first-order valence-electron chi connectivity index (χ1n) is 9.05. The summed E-state index contributed by atoms with van der Waals surface area (Å²) in [7, 11) is 3.11. The molecule has 0 spiro atoms. The highest BCUT2D eigenvalue weighted by Gasteiger charge is 2.17. The zero-order chi connectivity index (χ0) is 20.4. The SMILES string of the molecule is CCNc1nc(NC(=O)c2ccc3nc[nH]c3c2)nc2c(OC)c(OC)ccc12. The number of nitrogens with one attached hydrogen (secondary N) is 3. The van der Waals surface area contributed by atoms with Crippen molar-refractivity contribution in [1.82, 2.24) is 19.9 Å². The minimum Gasteiger partial charge on any atom is -0.493 e. The fourth-order valence-electron chi connectivity index (χ4n) is 3.12.